The standard InChI is InChI=1S/C16H23FN2OS/c1-10(9-16(2,3)4)7-14(20)19-13-6-5-11(15(18)21)8-12(13)17/h5-6,8,10H,7,9H2,1-4H3,(H2,18,21)(H,19,20). The minimum atomic E-state index is -0.530. The second-order valence-corrected chi connectivity index (χ2v) is 7.12. The number of amides is 1. The molecule has 1 aromatic carbocycles. The van der Waals surface area contributed by atoms with Crippen LogP contribution in [0.25, 0.3) is 0 Å². The zero-order valence-electron chi connectivity index (χ0n) is 13.0. The topological polar surface area (TPSA) is 55.1 Å². The van der Waals surface area contributed by atoms with Gasteiger partial charge in [0.1, 0.15) is 10.8 Å². The van der Waals surface area contributed by atoms with Crippen molar-refractivity contribution >= 4 is 28.8 Å². The van der Waals surface area contributed by atoms with Gasteiger partial charge in [-0.15, -0.1) is 0 Å². The summed E-state index contributed by atoms with van der Waals surface area (Å²) >= 11 is 4.78. The summed E-state index contributed by atoms with van der Waals surface area (Å²) in [6.45, 7) is 8.43. The maximum atomic E-state index is 13.8. The van der Waals surface area contributed by atoms with Crippen molar-refractivity contribution in [3.63, 3.8) is 0 Å². The summed E-state index contributed by atoms with van der Waals surface area (Å²) in [5, 5.41) is 2.59. The van der Waals surface area contributed by atoms with E-state index in [4.69, 9.17) is 18.0 Å². The molecule has 0 saturated carbocycles. The molecule has 116 valence electrons. The third kappa shape index (κ3) is 6.21. The minimum absolute atomic E-state index is 0.130. The number of hydrogen-bond donors (Lipinski definition) is 2. The fourth-order valence-corrected chi connectivity index (χ4v) is 2.53. The molecule has 1 amide bonds. The average molecular weight is 310 g/mol. The Kier molecular flexibility index (Phi) is 5.84. The zero-order valence-corrected chi connectivity index (χ0v) is 13.8. The van der Waals surface area contributed by atoms with Gasteiger partial charge in [0, 0.05) is 12.0 Å². The number of thiocarbonyl (C=S) groups is 1. The Bertz CT molecular complexity index is 538. The van der Waals surface area contributed by atoms with Gasteiger partial charge in [0.25, 0.3) is 0 Å². The highest BCUT2D eigenvalue weighted by molar-refractivity contribution is 7.80. The van der Waals surface area contributed by atoms with Crippen LogP contribution in [-0.4, -0.2) is 10.9 Å². The Labute approximate surface area is 131 Å². The summed E-state index contributed by atoms with van der Waals surface area (Å²) in [6.07, 6.45) is 1.30. The van der Waals surface area contributed by atoms with Crippen LogP contribution < -0.4 is 11.1 Å². The second-order valence-electron chi connectivity index (χ2n) is 6.68. The van der Waals surface area contributed by atoms with E-state index >= 15 is 0 Å². The molecule has 1 atom stereocenters. The molecule has 0 bridgehead atoms. The number of nitrogens with two attached hydrogens (primary N) is 1. The van der Waals surface area contributed by atoms with E-state index in [1.165, 1.54) is 12.1 Å². The lowest BCUT2D eigenvalue weighted by Gasteiger charge is -2.22. The monoisotopic (exact) mass is 310 g/mol. The normalized spacial score (nSPS) is 12.8. The minimum Gasteiger partial charge on any atom is -0.389 e. The third-order valence-corrected chi connectivity index (χ3v) is 3.26. The van der Waals surface area contributed by atoms with E-state index < -0.39 is 5.82 Å². The van der Waals surface area contributed by atoms with Gasteiger partial charge in [-0.1, -0.05) is 39.9 Å². The number of carbonyl (C=O) groups excluding carboxylic acids is 1. The lowest BCUT2D eigenvalue weighted by Crippen LogP contribution is -2.19. The predicted octanol–water partition coefficient (Wildman–Crippen LogP) is 3.86. The van der Waals surface area contributed by atoms with E-state index in [-0.39, 0.29) is 27.9 Å². The number of anilines is 1. The van der Waals surface area contributed by atoms with E-state index in [9.17, 15) is 9.18 Å². The summed E-state index contributed by atoms with van der Waals surface area (Å²) in [5.41, 5.74) is 6.21. The molecule has 1 rings (SSSR count). The first kappa shape index (κ1) is 17.6. The fraction of sp³-hybridized carbons (Fsp3) is 0.500. The van der Waals surface area contributed by atoms with Gasteiger partial charge in [-0.25, -0.2) is 4.39 Å². The number of benzene rings is 1. The molecule has 0 aliphatic carbocycles. The molecule has 0 spiro atoms. The van der Waals surface area contributed by atoms with Crippen LogP contribution in [0.2, 0.25) is 0 Å². The van der Waals surface area contributed by atoms with Crippen LogP contribution in [-0.2, 0) is 4.79 Å². The van der Waals surface area contributed by atoms with Crippen LogP contribution in [0, 0.1) is 17.2 Å². The Hall–Kier alpha value is -1.49. The van der Waals surface area contributed by atoms with E-state index in [2.05, 4.69) is 26.1 Å². The van der Waals surface area contributed by atoms with Crippen LogP contribution in [0.1, 0.15) is 46.1 Å². The molecule has 3 N–H and O–H groups in total. The highest BCUT2D eigenvalue weighted by Crippen LogP contribution is 2.26. The maximum Gasteiger partial charge on any atom is 0.224 e. The van der Waals surface area contributed by atoms with Crippen LogP contribution >= 0.6 is 12.2 Å². The number of hydrogen-bond acceptors (Lipinski definition) is 2. The molecule has 0 aromatic heterocycles. The van der Waals surface area contributed by atoms with Gasteiger partial charge in [0.05, 0.1) is 5.69 Å². The highest BCUT2D eigenvalue weighted by atomic mass is 32.1. The molecule has 0 saturated heterocycles. The average Bonchev–Trinajstić information content (AvgIpc) is 2.28. The van der Waals surface area contributed by atoms with E-state index in [1.54, 1.807) is 6.07 Å². The number of carbonyl (C=O) groups is 1. The van der Waals surface area contributed by atoms with Crippen molar-refractivity contribution in [3.05, 3.63) is 29.6 Å². The first-order valence-electron chi connectivity index (χ1n) is 6.97. The van der Waals surface area contributed by atoms with Gasteiger partial charge in [0.15, 0.2) is 0 Å². The number of rotatable bonds is 5. The maximum absolute atomic E-state index is 13.8. The smallest absolute Gasteiger partial charge is 0.224 e. The molecule has 0 aliphatic heterocycles. The molecule has 21 heavy (non-hydrogen) atoms. The summed E-state index contributed by atoms with van der Waals surface area (Å²) in [7, 11) is 0. The van der Waals surface area contributed by atoms with Crippen molar-refractivity contribution in [2.45, 2.75) is 40.5 Å². The van der Waals surface area contributed by atoms with E-state index in [0.29, 0.717) is 12.0 Å². The SMILES string of the molecule is CC(CC(=O)Nc1ccc(C(N)=S)cc1F)CC(C)(C)C. The van der Waals surface area contributed by atoms with Crippen molar-refractivity contribution in [3.8, 4) is 0 Å². The molecule has 1 aromatic rings. The van der Waals surface area contributed by atoms with Gasteiger partial charge >= 0.3 is 0 Å². The summed E-state index contributed by atoms with van der Waals surface area (Å²) in [4.78, 5) is 12.1. The molecule has 0 fully saturated rings. The Morgan fingerprint density at radius 3 is 2.52 bits per heavy atom. The van der Waals surface area contributed by atoms with Crippen LogP contribution in [0.15, 0.2) is 18.2 Å². The molecular formula is C16H23FN2OS. The molecule has 5 heteroatoms. The summed E-state index contributed by atoms with van der Waals surface area (Å²) in [5.74, 6) is -0.477. The third-order valence-electron chi connectivity index (χ3n) is 3.02. The van der Waals surface area contributed by atoms with Crippen LogP contribution in [0.5, 0.6) is 0 Å². The Morgan fingerprint density at radius 1 is 1.43 bits per heavy atom. The number of halogens is 1. The fourth-order valence-electron chi connectivity index (χ4n) is 2.41. The lowest BCUT2D eigenvalue weighted by atomic mass is 9.84. The van der Waals surface area contributed by atoms with Gasteiger partial charge in [-0.2, -0.15) is 0 Å². The zero-order chi connectivity index (χ0) is 16.2. The Morgan fingerprint density at radius 2 is 2.05 bits per heavy atom. The number of nitrogens with one attached hydrogen (secondary N) is 1. The van der Waals surface area contributed by atoms with Crippen molar-refractivity contribution in [1.29, 1.82) is 0 Å². The van der Waals surface area contributed by atoms with Gasteiger partial charge < -0.3 is 11.1 Å². The lowest BCUT2D eigenvalue weighted by molar-refractivity contribution is -0.117. The second kappa shape index (κ2) is 6.98. The Balaban J connectivity index is 2.65. The van der Waals surface area contributed by atoms with Crippen LogP contribution in [0.4, 0.5) is 10.1 Å². The van der Waals surface area contributed by atoms with Crippen molar-refractivity contribution in [2.24, 2.45) is 17.1 Å². The quantitative estimate of drug-likeness (QED) is 0.812. The van der Waals surface area contributed by atoms with E-state index in [1.807, 2.05) is 6.92 Å². The molecule has 0 heterocycles. The predicted molar refractivity (Wildman–Crippen MR) is 88.8 cm³/mol. The summed E-state index contributed by atoms with van der Waals surface area (Å²) in [6, 6.07) is 4.31. The molecule has 0 aliphatic rings. The van der Waals surface area contributed by atoms with Gasteiger partial charge in [0.2, 0.25) is 5.91 Å². The largest absolute Gasteiger partial charge is 0.389 e. The first-order valence-corrected chi connectivity index (χ1v) is 7.38. The van der Waals surface area contributed by atoms with Gasteiger partial charge in [-0.3, -0.25) is 4.79 Å². The summed E-state index contributed by atoms with van der Waals surface area (Å²) < 4.78 is 13.8. The molecule has 0 radical (unpaired) electrons. The highest BCUT2D eigenvalue weighted by Gasteiger charge is 2.18. The first-order chi connectivity index (χ1) is 9.58. The van der Waals surface area contributed by atoms with Crippen molar-refractivity contribution in [1.82, 2.24) is 0 Å². The van der Waals surface area contributed by atoms with Crippen molar-refractivity contribution in [2.75, 3.05) is 5.32 Å². The van der Waals surface area contributed by atoms with Gasteiger partial charge in [-0.05, 0) is 36.0 Å². The molecule has 1 unspecified atom stereocenters. The van der Waals surface area contributed by atoms with E-state index in [0.717, 1.165) is 6.42 Å². The van der Waals surface area contributed by atoms with Crippen molar-refractivity contribution < 1.29 is 9.18 Å². The molecule has 3 nitrogen and oxygen atoms in total. The van der Waals surface area contributed by atoms with Crippen LogP contribution in [0.3, 0.4) is 0 Å². The molecular weight excluding hydrogens is 287 g/mol.